The number of hydrogen-bond acceptors (Lipinski definition) is 5. The van der Waals surface area contributed by atoms with E-state index >= 15 is 0 Å². The molecule has 0 radical (unpaired) electrons. The molecule has 0 bridgehead atoms. The van der Waals surface area contributed by atoms with E-state index in [1.807, 2.05) is 48.5 Å². The van der Waals surface area contributed by atoms with E-state index < -0.39 is 17.1 Å². The van der Waals surface area contributed by atoms with Gasteiger partial charge in [0.2, 0.25) is 5.91 Å². The number of anilines is 1. The second-order valence-electron chi connectivity index (χ2n) is 7.17. The molecule has 1 aliphatic rings. The minimum absolute atomic E-state index is 0.262. The molecule has 33 heavy (non-hydrogen) atoms. The van der Waals surface area contributed by atoms with E-state index in [0.29, 0.717) is 18.0 Å². The molecule has 1 N–H and O–H groups in total. The van der Waals surface area contributed by atoms with Crippen molar-refractivity contribution < 1.29 is 19.1 Å². The van der Waals surface area contributed by atoms with E-state index in [4.69, 9.17) is 4.74 Å². The Balaban J connectivity index is 1.40. The van der Waals surface area contributed by atoms with Crippen LogP contribution >= 0.6 is 27.7 Å². The number of rotatable bonds is 7. The van der Waals surface area contributed by atoms with Gasteiger partial charge >= 0.3 is 0 Å². The van der Waals surface area contributed by atoms with Crippen LogP contribution in [0.1, 0.15) is 11.1 Å². The molecule has 0 aromatic heterocycles. The first-order valence-corrected chi connectivity index (χ1v) is 11.7. The van der Waals surface area contributed by atoms with Gasteiger partial charge < -0.3 is 10.1 Å². The highest BCUT2D eigenvalue weighted by atomic mass is 79.9. The van der Waals surface area contributed by atoms with E-state index in [-0.39, 0.29) is 11.4 Å². The van der Waals surface area contributed by atoms with Crippen molar-refractivity contribution in [2.45, 2.75) is 6.61 Å². The van der Waals surface area contributed by atoms with Crippen LogP contribution in [0.25, 0.3) is 6.08 Å². The zero-order valence-corrected chi connectivity index (χ0v) is 19.8. The summed E-state index contributed by atoms with van der Waals surface area (Å²) in [5.41, 5.74) is 2.35. The maximum Gasteiger partial charge on any atom is 0.294 e. The standard InChI is InChI=1S/C25H19BrN2O4S/c26-19-11-9-17(10-12-19)16-32-21-8-4-5-18(13-21)14-22-24(30)28(25(31)33-22)15-23(29)27-20-6-2-1-3-7-20/h1-14H,15-16H2,(H,27,29)/b22-14-. The number of nitrogens with one attached hydrogen (secondary N) is 1. The molecular weight excluding hydrogens is 504 g/mol. The Hall–Kier alpha value is -3.36. The molecule has 0 aliphatic carbocycles. The number of carbonyl (C=O) groups is 3. The molecule has 3 aromatic rings. The van der Waals surface area contributed by atoms with Crippen molar-refractivity contribution in [2.24, 2.45) is 0 Å². The Morgan fingerprint density at radius 1 is 1.00 bits per heavy atom. The molecule has 0 unspecified atom stereocenters. The van der Waals surface area contributed by atoms with Crippen LogP contribution < -0.4 is 10.1 Å². The first-order valence-electron chi connectivity index (χ1n) is 10.1. The van der Waals surface area contributed by atoms with Gasteiger partial charge in [-0.25, -0.2) is 0 Å². The number of benzene rings is 3. The average Bonchev–Trinajstić information content (AvgIpc) is 3.07. The van der Waals surface area contributed by atoms with Gasteiger partial charge in [-0.1, -0.05) is 58.4 Å². The van der Waals surface area contributed by atoms with Crippen LogP contribution in [0.2, 0.25) is 0 Å². The quantitative estimate of drug-likeness (QED) is 0.402. The number of nitrogens with zero attached hydrogens (tertiary/aromatic N) is 1. The highest BCUT2D eigenvalue weighted by Crippen LogP contribution is 2.32. The van der Waals surface area contributed by atoms with E-state index in [0.717, 1.165) is 32.3 Å². The fourth-order valence-corrected chi connectivity index (χ4v) is 4.20. The first kappa shape index (κ1) is 22.8. The lowest BCUT2D eigenvalue weighted by Crippen LogP contribution is -2.36. The van der Waals surface area contributed by atoms with Crippen LogP contribution in [0.5, 0.6) is 5.75 Å². The van der Waals surface area contributed by atoms with Gasteiger partial charge in [-0.2, -0.15) is 0 Å². The molecule has 6 nitrogen and oxygen atoms in total. The topological polar surface area (TPSA) is 75.7 Å². The third-order valence-corrected chi connectivity index (χ3v) is 6.14. The molecule has 4 rings (SSSR count). The van der Waals surface area contributed by atoms with Gasteiger partial charge in [0, 0.05) is 10.2 Å². The third kappa shape index (κ3) is 6.12. The molecule has 1 saturated heterocycles. The summed E-state index contributed by atoms with van der Waals surface area (Å²) in [7, 11) is 0. The second-order valence-corrected chi connectivity index (χ2v) is 9.08. The van der Waals surface area contributed by atoms with Gasteiger partial charge in [-0.05, 0) is 65.4 Å². The molecule has 1 heterocycles. The third-order valence-electron chi connectivity index (χ3n) is 4.71. The van der Waals surface area contributed by atoms with E-state index in [9.17, 15) is 14.4 Å². The molecule has 0 atom stereocenters. The van der Waals surface area contributed by atoms with Crippen molar-refractivity contribution in [3.8, 4) is 5.75 Å². The van der Waals surface area contributed by atoms with E-state index in [2.05, 4.69) is 21.2 Å². The number of imide groups is 1. The largest absolute Gasteiger partial charge is 0.489 e. The molecule has 3 amide bonds. The fourth-order valence-electron chi connectivity index (χ4n) is 3.09. The maximum atomic E-state index is 12.7. The molecule has 1 aliphatic heterocycles. The number of halogens is 1. The lowest BCUT2D eigenvalue weighted by atomic mass is 10.2. The predicted molar refractivity (Wildman–Crippen MR) is 133 cm³/mol. The van der Waals surface area contributed by atoms with Crippen molar-refractivity contribution in [3.05, 3.63) is 99.4 Å². The number of ether oxygens (including phenoxy) is 1. The van der Waals surface area contributed by atoms with Crippen LogP contribution in [0.4, 0.5) is 10.5 Å². The molecule has 0 saturated carbocycles. The van der Waals surface area contributed by atoms with Crippen molar-refractivity contribution in [3.63, 3.8) is 0 Å². The number of thioether (sulfide) groups is 1. The highest BCUT2D eigenvalue weighted by molar-refractivity contribution is 9.10. The summed E-state index contributed by atoms with van der Waals surface area (Å²) in [6.07, 6.45) is 1.63. The van der Waals surface area contributed by atoms with Crippen LogP contribution in [0, 0.1) is 0 Å². The summed E-state index contributed by atoms with van der Waals surface area (Å²) < 4.78 is 6.85. The summed E-state index contributed by atoms with van der Waals surface area (Å²) in [6, 6.07) is 24.0. The van der Waals surface area contributed by atoms with Crippen molar-refractivity contribution in [1.82, 2.24) is 4.90 Å². The van der Waals surface area contributed by atoms with Gasteiger partial charge in [0.05, 0.1) is 4.91 Å². The maximum absolute atomic E-state index is 12.7. The average molecular weight is 523 g/mol. The zero-order chi connectivity index (χ0) is 23.2. The first-order chi connectivity index (χ1) is 16.0. The van der Waals surface area contributed by atoms with Gasteiger partial charge in [0.1, 0.15) is 18.9 Å². The molecule has 1 fully saturated rings. The van der Waals surface area contributed by atoms with Crippen LogP contribution in [-0.2, 0) is 16.2 Å². The Labute approximate surface area is 203 Å². The SMILES string of the molecule is O=C(CN1C(=O)S/C(=C\c2cccc(OCc3ccc(Br)cc3)c2)C1=O)Nc1ccccc1. The number of amides is 3. The van der Waals surface area contributed by atoms with E-state index in [1.54, 1.807) is 36.4 Å². The lowest BCUT2D eigenvalue weighted by Gasteiger charge is -2.12. The molecule has 0 spiro atoms. The Morgan fingerprint density at radius 2 is 1.76 bits per heavy atom. The van der Waals surface area contributed by atoms with Gasteiger partial charge in [0.25, 0.3) is 11.1 Å². The normalized spacial score (nSPS) is 14.6. The fraction of sp³-hybridized carbons (Fsp3) is 0.0800. The van der Waals surface area contributed by atoms with Gasteiger partial charge in [-0.3, -0.25) is 19.3 Å². The number of carbonyl (C=O) groups excluding carboxylic acids is 3. The van der Waals surface area contributed by atoms with Gasteiger partial charge in [0.15, 0.2) is 0 Å². The van der Waals surface area contributed by atoms with Crippen molar-refractivity contribution in [2.75, 3.05) is 11.9 Å². The predicted octanol–water partition coefficient (Wildman–Crippen LogP) is 5.70. The van der Waals surface area contributed by atoms with Crippen LogP contribution in [0.3, 0.4) is 0 Å². The summed E-state index contributed by atoms with van der Waals surface area (Å²) in [4.78, 5) is 38.6. The zero-order valence-electron chi connectivity index (χ0n) is 17.4. The summed E-state index contributed by atoms with van der Waals surface area (Å²) in [5, 5.41) is 2.20. The summed E-state index contributed by atoms with van der Waals surface area (Å²) >= 11 is 4.22. The van der Waals surface area contributed by atoms with E-state index in [1.165, 1.54) is 0 Å². The smallest absolute Gasteiger partial charge is 0.294 e. The van der Waals surface area contributed by atoms with Crippen LogP contribution in [-0.4, -0.2) is 28.5 Å². The minimum Gasteiger partial charge on any atom is -0.489 e. The van der Waals surface area contributed by atoms with Crippen LogP contribution in [0.15, 0.2) is 88.2 Å². The van der Waals surface area contributed by atoms with Crippen molar-refractivity contribution in [1.29, 1.82) is 0 Å². The number of para-hydroxylation sites is 1. The van der Waals surface area contributed by atoms with Gasteiger partial charge in [-0.15, -0.1) is 0 Å². The van der Waals surface area contributed by atoms with Crippen molar-refractivity contribution >= 4 is 56.5 Å². The minimum atomic E-state index is -0.491. The molecular formula is C25H19BrN2O4S. The Morgan fingerprint density at radius 3 is 2.52 bits per heavy atom. The highest BCUT2D eigenvalue weighted by Gasteiger charge is 2.36. The monoisotopic (exact) mass is 522 g/mol. The Bertz CT molecular complexity index is 1210. The summed E-state index contributed by atoms with van der Waals surface area (Å²) in [5.74, 6) is -0.282. The second kappa shape index (κ2) is 10.5. The Kier molecular flexibility index (Phi) is 7.26. The molecule has 3 aromatic carbocycles. The summed E-state index contributed by atoms with van der Waals surface area (Å²) in [6.45, 7) is 0.0665. The lowest BCUT2D eigenvalue weighted by molar-refractivity contribution is -0.127. The molecule has 166 valence electrons. The molecule has 8 heteroatoms. The number of hydrogen-bond donors (Lipinski definition) is 1.